The molecule has 0 heterocycles. The van der Waals surface area contributed by atoms with Gasteiger partial charge in [-0.05, 0) is 38.5 Å². The zero-order valence-electron chi connectivity index (χ0n) is 10.5. The molecule has 1 unspecified atom stereocenters. The van der Waals surface area contributed by atoms with Crippen LogP contribution in [0.1, 0.15) is 32.8 Å². The minimum absolute atomic E-state index is 0.0166. The largest absolute Gasteiger partial charge is 0.494 e. The van der Waals surface area contributed by atoms with E-state index in [2.05, 4.69) is 6.07 Å². The topological polar surface area (TPSA) is 50.1 Å². The highest BCUT2D eigenvalue weighted by molar-refractivity contribution is 5.77. The standard InChI is InChI=1S/C14H17NO2/c1-4-17-13-7-5-12(6-8-13)14(3,10-15)9-11(2)16/h5-8H,4,9H2,1-3H3. The monoisotopic (exact) mass is 231 g/mol. The Bertz CT molecular complexity index is 431. The second-order valence-electron chi connectivity index (χ2n) is 4.28. The summed E-state index contributed by atoms with van der Waals surface area (Å²) in [5.41, 5.74) is 0.0926. The Morgan fingerprint density at radius 3 is 2.41 bits per heavy atom. The lowest BCUT2D eigenvalue weighted by Gasteiger charge is -2.20. The van der Waals surface area contributed by atoms with Crippen molar-refractivity contribution < 1.29 is 9.53 Å². The molecule has 1 aromatic carbocycles. The van der Waals surface area contributed by atoms with E-state index in [-0.39, 0.29) is 12.2 Å². The van der Waals surface area contributed by atoms with Crippen molar-refractivity contribution in [3.63, 3.8) is 0 Å². The maximum Gasteiger partial charge on any atom is 0.131 e. The lowest BCUT2D eigenvalue weighted by atomic mass is 9.80. The Balaban J connectivity index is 2.97. The summed E-state index contributed by atoms with van der Waals surface area (Å²) < 4.78 is 5.34. The first kappa shape index (κ1) is 13.2. The van der Waals surface area contributed by atoms with Crippen molar-refractivity contribution in [2.45, 2.75) is 32.6 Å². The van der Waals surface area contributed by atoms with Crippen molar-refractivity contribution >= 4 is 5.78 Å². The lowest BCUT2D eigenvalue weighted by molar-refractivity contribution is -0.117. The Kier molecular flexibility index (Phi) is 4.28. The second kappa shape index (κ2) is 5.49. The summed E-state index contributed by atoms with van der Waals surface area (Å²) in [4.78, 5) is 11.2. The van der Waals surface area contributed by atoms with Gasteiger partial charge in [0.1, 0.15) is 11.5 Å². The Hall–Kier alpha value is -1.82. The first-order valence-electron chi connectivity index (χ1n) is 5.66. The van der Waals surface area contributed by atoms with Crippen LogP contribution in [0.3, 0.4) is 0 Å². The minimum atomic E-state index is -0.753. The van der Waals surface area contributed by atoms with Crippen LogP contribution in [0.25, 0.3) is 0 Å². The minimum Gasteiger partial charge on any atom is -0.494 e. The fraction of sp³-hybridized carbons (Fsp3) is 0.429. The van der Waals surface area contributed by atoms with Gasteiger partial charge in [0.15, 0.2) is 0 Å². The van der Waals surface area contributed by atoms with E-state index in [9.17, 15) is 10.1 Å². The lowest BCUT2D eigenvalue weighted by Crippen LogP contribution is -2.22. The van der Waals surface area contributed by atoms with E-state index in [1.54, 1.807) is 6.92 Å². The number of carbonyl (C=O) groups is 1. The molecule has 0 radical (unpaired) electrons. The summed E-state index contributed by atoms with van der Waals surface area (Å²) in [5, 5.41) is 9.23. The number of hydrogen-bond acceptors (Lipinski definition) is 3. The van der Waals surface area contributed by atoms with Crippen molar-refractivity contribution in [1.82, 2.24) is 0 Å². The van der Waals surface area contributed by atoms with Gasteiger partial charge in [-0.15, -0.1) is 0 Å². The fourth-order valence-corrected chi connectivity index (χ4v) is 1.79. The third-order valence-electron chi connectivity index (χ3n) is 2.65. The number of Topliss-reactive ketones (excluding diaryl/α,β-unsaturated/α-hetero) is 1. The maximum absolute atomic E-state index is 11.2. The molecule has 0 aromatic heterocycles. The SMILES string of the molecule is CCOc1ccc(C(C)(C#N)CC(C)=O)cc1. The normalized spacial score (nSPS) is 13.5. The Morgan fingerprint density at radius 2 is 2.00 bits per heavy atom. The number of nitriles is 1. The predicted octanol–water partition coefficient (Wildman–Crippen LogP) is 2.85. The number of benzene rings is 1. The number of rotatable bonds is 5. The molecular formula is C14H17NO2. The molecule has 0 spiro atoms. The van der Waals surface area contributed by atoms with Gasteiger partial charge in [-0.2, -0.15) is 5.26 Å². The molecule has 0 aliphatic carbocycles. The van der Waals surface area contributed by atoms with E-state index >= 15 is 0 Å². The summed E-state index contributed by atoms with van der Waals surface area (Å²) in [7, 11) is 0. The van der Waals surface area contributed by atoms with E-state index in [1.165, 1.54) is 6.92 Å². The average Bonchev–Trinajstić information content (AvgIpc) is 2.29. The molecule has 0 fully saturated rings. The van der Waals surface area contributed by atoms with Crippen molar-refractivity contribution in [2.24, 2.45) is 0 Å². The molecule has 3 nitrogen and oxygen atoms in total. The van der Waals surface area contributed by atoms with Crippen LogP contribution in [-0.2, 0) is 10.2 Å². The molecule has 0 amide bonds. The third-order valence-corrected chi connectivity index (χ3v) is 2.65. The summed E-state index contributed by atoms with van der Waals surface area (Å²) in [6.45, 7) is 5.82. The number of hydrogen-bond donors (Lipinski definition) is 0. The molecule has 0 aliphatic rings. The summed E-state index contributed by atoms with van der Waals surface area (Å²) in [5.74, 6) is 0.794. The van der Waals surface area contributed by atoms with Gasteiger partial charge in [-0.25, -0.2) is 0 Å². The number of nitrogens with zero attached hydrogens (tertiary/aromatic N) is 1. The summed E-state index contributed by atoms with van der Waals surface area (Å²) >= 11 is 0. The highest BCUT2D eigenvalue weighted by Crippen LogP contribution is 2.28. The third kappa shape index (κ3) is 3.32. The zero-order valence-corrected chi connectivity index (χ0v) is 10.5. The van der Waals surface area contributed by atoms with Crippen molar-refractivity contribution in [2.75, 3.05) is 6.61 Å². The average molecular weight is 231 g/mol. The molecule has 17 heavy (non-hydrogen) atoms. The van der Waals surface area contributed by atoms with Gasteiger partial charge in [0.05, 0.1) is 18.1 Å². The molecule has 0 N–H and O–H groups in total. The Labute approximate surface area is 102 Å². The van der Waals surface area contributed by atoms with Gasteiger partial charge in [-0.3, -0.25) is 4.79 Å². The number of ether oxygens (including phenoxy) is 1. The smallest absolute Gasteiger partial charge is 0.131 e. The quantitative estimate of drug-likeness (QED) is 0.783. The Morgan fingerprint density at radius 1 is 1.41 bits per heavy atom. The molecular weight excluding hydrogens is 214 g/mol. The molecule has 0 saturated heterocycles. The van der Waals surface area contributed by atoms with Crippen molar-refractivity contribution in [3.05, 3.63) is 29.8 Å². The highest BCUT2D eigenvalue weighted by atomic mass is 16.5. The fourth-order valence-electron chi connectivity index (χ4n) is 1.79. The number of carbonyl (C=O) groups excluding carboxylic acids is 1. The van der Waals surface area contributed by atoms with Crippen LogP contribution < -0.4 is 4.74 Å². The van der Waals surface area contributed by atoms with E-state index < -0.39 is 5.41 Å². The van der Waals surface area contributed by atoms with Crippen LogP contribution in [0.4, 0.5) is 0 Å². The van der Waals surface area contributed by atoms with Crippen LogP contribution >= 0.6 is 0 Å². The first-order chi connectivity index (χ1) is 8.01. The van der Waals surface area contributed by atoms with Gasteiger partial charge in [-0.1, -0.05) is 12.1 Å². The molecule has 0 saturated carbocycles. The van der Waals surface area contributed by atoms with Crippen LogP contribution in [0, 0.1) is 11.3 Å². The van der Waals surface area contributed by atoms with E-state index in [0.29, 0.717) is 6.61 Å². The molecule has 1 rings (SSSR count). The molecule has 3 heteroatoms. The highest BCUT2D eigenvalue weighted by Gasteiger charge is 2.28. The van der Waals surface area contributed by atoms with Crippen LogP contribution in [0.5, 0.6) is 5.75 Å². The first-order valence-corrected chi connectivity index (χ1v) is 5.66. The molecule has 1 aromatic rings. The van der Waals surface area contributed by atoms with E-state index in [0.717, 1.165) is 11.3 Å². The van der Waals surface area contributed by atoms with Crippen molar-refractivity contribution in [3.8, 4) is 11.8 Å². The van der Waals surface area contributed by atoms with Crippen molar-refractivity contribution in [1.29, 1.82) is 5.26 Å². The maximum atomic E-state index is 11.2. The van der Waals surface area contributed by atoms with Crippen LogP contribution in [0.15, 0.2) is 24.3 Å². The zero-order chi connectivity index (χ0) is 12.9. The van der Waals surface area contributed by atoms with Gasteiger partial charge < -0.3 is 4.74 Å². The van der Waals surface area contributed by atoms with Gasteiger partial charge >= 0.3 is 0 Å². The van der Waals surface area contributed by atoms with Gasteiger partial charge in [0, 0.05) is 6.42 Å². The van der Waals surface area contributed by atoms with Gasteiger partial charge in [0.2, 0.25) is 0 Å². The molecule has 1 atom stereocenters. The molecule has 0 bridgehead atoms. The molecule has 0 aliphatic heterocycles. The second-order valence-corrected chi connectivity index (χ2v) is 4.28. The number of ketones is 1. The van der Waals surface area contributed by atoms with E-state index in [1.807, 2.05) is 31.2 Å². The van der Waals surface area contributed by atoms with Crippen LogP contribution in [-0.4, -0.2) is 12.4 Å². The predicted molar refractivity (Wildman–Crippen MR) is 65.9 cm³/mol. The van der Waals surface area contributed by atoms with Crippen LogP contribution in [0.2, 0.25) is 0 Å². The van der Waals surface area contributed by atoms with E-state index in [4.69, 9.17) is 4.74 Å². The molecule has 90 valence electrons. The summed E-state index contributed by atoms with van der Waals surface area (Å²) in [6.07, 6.45) is 0.234. The summed E-state index contributed by atoms with van der Waals surface area (Å²) in [6, 6.07) is 9.56. The van der Waals surface area contributed by atoms with Gasteiger partial charge in [0.25, 0.3) is 0 Å².